The minimum Gasteiger partial charge on any atom is -0.365 e. The summed E-state index contributed by atoms with van der Waals surface area (Å²) in [4.78, 5) is 35.9. The van der Waals surface area contributed by atoms with E-state index >= 15 is 0 Å². The number of carbonyl (C=O) groups excluding carboxylic acids is 3. The quantitative estimate of drug-likeness (QED) is 0.704. The lowest BCUT2D eigenvalue weighted by Gasteiger charge is -2.13. The van der Waals surface area contributed by atoms with Gasteiger partial charge in [0.05, 0.1) is 12.1 Å². The van der Waals surface area contributed by atoms with Crippen molar-refractivity contribution in [1.82, 2.24) is 0 Å². The first kappa shape index (κ1) is 13.7. The number of imide groups is 1. The number of hydrogen-bond acceptors (Lipinski definition) is 3. The van der Waals surface area contributed by atoms with Gasteiger partial charge >= 0.3 is 0 Å². The number of rotatable bonds is 4. The largest absolute Gasteiger partial charge is 0.365 e. The molecule has 0 unspecified atom stereocenters. The van der Waals surface area contributed by atoms with E-state index < -0.39 is 11.9 Å². The topological polar surface area (TPSA) is 97.1 Å². The summed E-state index contributed by atoms with van der Waals surface area (Å²) in [5.74, 6) is -1.09. The zero-order chi connectivity index (χ0) is 14.0. The molecule has 0 aliphatic carbocycles. The summed E-state index contributed by atoms with van der Waals surface area (Å²) in [6.45, 7) is -0.00212. The Bertz CT molecular complexity index is 530. The van der Waals surface area contributed by atoms with Crippen molar-refractivity contribution in [3.05, 3.63) is 28.7 Å². The number of primary amides is 1. The zero-order valence-corrected chi connectivity index (χ0v) is 11.6. The molecular weight excluding hydrogens is 314 g/mol. The molecule has 6 nitrogen and oxygen atoms in total. The van der Waals surface area contributed by atoms with E-state index in [1.807, 2.05) is 0 Å². The second-order valence-corrected chi connectivity index (χ2v) is 5.18. The van der Waals surface area contributed by atoms with Crippen LogP contribution in [0, 0.1) is 0 Å². The summed E-state index contributed by atoms with van der Waals surface area (Å²) in [7, 11) is 0. The number of nitrogens with zero attached hydrogens (tertiary/aromatic N) is 1. The molecule has 1 saturated heterocycles. The van der Waals surface area contributed by atoms with E-state index in [-0.39, 0.29) is 24.8 Å². The van der Waals surface area contributed by atoms with Crippen LogP contribution in [0.4, 0.5) is 5.69 Å². The Labute approximate surface area is 118 Å². The average Bonchev–Trinajstić information content (AvgIpc) is 2.63. The van der Waals surface area contributed by atoms with Crippen molar-refractivity contribution in [3.63, 3.8) is 0 Å². The molecule has 3 amide bonds. The second kappa shape index (κ2) is 5.50. The van der Waals surface area contributed by atoms with Crippen molar-refractivity contribution in [2.75, 3.05) is 11.4 Å². The minimum atomic E-state index is -0.566. The third-order valence-corrected chi connectivity index (χ3v) is 3.40. The molecule has 1 aromatic carbocycles. The number of quaternary nitrogens is 1. The Balaban J connectivity index is 2.14. The minimum absolute atomic E-state index is 0.00212. The summed E-state index contributed by atoms with van der Waals surface area (Å²) in [6, 6.07) is 6.34. The summed E-state index contributed by atoms with van der Waals surface area (Å²) in [5, 5.41) is 1.50. The van der Waals surface area contributed by atoms with Crippen molar-refractivity contribution < 1.29 is 19.7 Å². The number of halogens is 1. The normalized spacial score (nSPS) is 19.0. The smallest absolute Gasteiger partial charge is 0.292 e. The highest BCUT2D eigenvalue weighted by Gasteiger charge is 2.42. The number of amides is 3. The van der Waals surface area contributed by atoms with E-state index in [1.165, 1.54) is 5.32 Å². The average molecular weight is 327 g/mol. The van der Waals surface area contributed by atoms with Crippen LogP contribution < -0.4 is 16.0 Å². The molecule has 1 fully saturated rings. The molecule has 7 heteroatoms. The number of hydrogen-bond donors (Lipinski definition) is 2. The van der Waals surface area contributed by atoms with E-state index in [1.54, 1.807) is 24.3 Å². The van der Waals surface area contributed by atoms with Gasteiger partial charge in [-0.1, -0.05) is 15.9 Å². The van der Waals surface area contributed by atoms with Crippen molar-refractivity contribution >= 4 is 39.3 Å². The van der Waals surface area contributed by atoms with Crippen LogP contribution in [0.3, 0.4) is 0 Å². The fourth-order valence-electron chi connectivity index (χ4n) is 1.96. The van der Waals surface area contributed by atoms with Gasteiger partial charge < -0.3 is 11.1 Å². The van der Waals surface area contributed by atoms with Crippen LogP contribution in [0.25, 0.3) is 0 Å². The lowest BCUT2D eigenvalue weighted by Crippen LogP contribution is -2.93. The van der Waals surface area contributed by atoms with Crippen LogP contribution in [0.15, 0.2) is 28.7 Å². The summed E-state index contributed by atoms with van der Waals surface area (Å²) < 4.78 is 0.868. The van der Waals surface area contributed by atoms with Crippen LogP contribution in [-0.2, 0) is 14.4 Å². The first-order chi connectivity index (χ1) is 8.99. The maximum absolute atomic E-state index is 12.1. The molecule has 0 radical (unpaired) electrons. The Hall–Kier alpha value is -1.73. The maximum Gasteiger partial charge on any atom is 0.292 e. The highest BCUT2D eigenvalue weighted by atomic mass is 79.9. The molecule has 0 aromatic heterocycles. The number of benzene rings is 1. The van der Waals surface area contributed by atoms with Gasteiger partial charge in [0.1, 0.15) is 0 Å². The molecule has 19 heavy (non-hydrogen) atoms. The maximum atomic E-state index is 12.1. The fourth-order valence-corrected chi connectivity index (χ4v) is 2.22. The predicted molar refractivity (Wildman–Crippen MR) is 71.0 cm³/mol. The van der Waals surface area contributed by atoms with Gasteiger partial charge in [-0.05, 0) is 24.3 Å². The highest BCUT2D eigenvalue weighted by Crippen LogP contribution is 2.23. The van der Waals surface area contributed by atoms with Gasteiger partial charge in [0.15, 0.2) is 12.6 Å². The van der Waals surface area contributed by atoms with Crippen molar-refractivity contribution in [2.24, 2.45) is 5.73 Å². The molecule has 1 aliphatic heterocycles. The molecule has 1 heterocycles. The molecule has 1 aliphatic rings. The van der Waals surface area contributed by atoms with Crippen LogP contribution >= 0.6 is 15.9 Å². The van der Waals surface area contributed by atoms with Crippen molar-refractivity contribution in [3.8, 4) is 0 Å². The van der Waals surface area contributed by atoms with Crippen LogP contribution in [0.1, 0.15) is 6.42 Å². The third-order valence-electron chi connectivity index (χ3n) is 2.87. The molecule has 0 spiro atoms. The monoisotopic (exact) mass is 326 g/mol. The SMILES string of the molecule is NC(=O)C[NH2+][C@@H]1CC(=O)N(c2ccc(Br)cc2)C1=O. The lowest BCUT2D eigenvalue weighted by molar-refractivity contribution is -0.663. The first-order valence-corrected chi connectivity index (χ1v) is 6.52. The standard InChI is InChI=1S/C12H12BrN3O3/c13-7-1-3-8(4-2-7)16-11(18)5-9(12(16)19)15-6-10(14)17/h1-4,9,15H,5-6H2,(H2,14,17)/p+1/t9-/m1/s1. The van der Waals surface area contributed by atoms with Gasteiger partial charge in [0.25, 0.3) is 11.8 Å². The van der Waals surface area contributed by atoms with Gasteiger partial charge in [0, 0.05) is 4.47 Å². The van der Waals surface area contributed by atoms with E-state index in [9.17, 15) is 14.4 Å². The molecular formula is C12H13BrN3O3+. The molecule has 0 bridgehead atoms. The molecule has 2 rings (SSSR count). The number of carbonyl (C=O) groups is 3. The molecule has 1 atom stereocenters. The Morgan fingerprint density at radius 2 is 2.00 bits per heavy atom. The number of nitrogens with two attached hydrogens (primary N) is 2. The first-order valence-electron chi connectivity index (χ1n) is 5.73. The van der Waals surface area contributed by atoms with E-state index in [2.05, 4.69) is 15.9 Å². The Morgan fingerprint density at radius 3 is 2.58 bits per heavy atom. The molecule has 100 valence electrons. The van der Waals surface area contributed by atoms with Gasteiger partial charge in [-0.2, -0.15) is 0 Å². The van der Waals surface area contributed by atoms with Crippen LogP contribution in [0.2, 0.25) is 0 Å². The Morgan fingerprint density at radius 1 is 1.37 bits per heavy atom. The van der Waals surface area contributed by atoms with Gasteiger partial charge in [-0.15, -0.1) is 0 Å². The second-order valence-electron chi connectivity index (χ2n) is 4.26. The van der Waals surface area contributed by atoms with Gasteiger partial charge in [-0.3, -0.25) is 14.4 Å². The van der Waals surface area contributed by atoms with Crippen molar-refractivity contribution in [2.45, 2.75) is 12.5 Å². The molecule has 4 N–H and O–H groups in total. The summed E-state index contributed by atoms with van der Waals surface area (Å²) in [5.41, 5.74) is 5.56. The van der Waals surface area contributed by atoms with Gasteiger partial charge in [-0.25, -0.2) is 4.90 Å². The molecule has 0 saturated carbocycles. The predicted octanol–water partition coefficient (Wildman–Crippen LogP) is -0.870. The van der Waals surface area contributed by atoms with Crippen molar-refractivity contribution in [1.29, 1.82) is 0 Å². The van der Waals surface area contributed by atoms with E-state index in [4.69, 9.17) is 5.73 Å². The number of anilines is 1. The Kier molecular flexibility index (Phi) is 3.96. The van der Waals surface area contributed by atoms with E-state index in [0.29, 0.717) is 5.69 Å². The van der Waals surface area contributed by atoms with E-state index in [0.717, 1.165) is 9.37 Å². The van der Waals surface area contributed by atoms with Gasteiger partial charge in [0.2, 0.25) is 5.91 Å². The van der Waals surface area contributed by atoms with Crippen LogP contribution in [-0.4, -0.2) is 30.3 Å². The fraction of sp³-hybridized carbons (Fsp3) is 0.250. The zero-order valence-electron chi connectivity index (χ0n) is 10.0. The summed E-state index contributed by atoms with van der Waals surface area (Å²) >= 11 is 3.29. The highest BCUT2D eigenvalue weighted by molar-refractivity contribution is 9.10. The molecule has 1 aromatic rings. The summed E-state index contributed by atoms with van der Waals surface area (Å²) in [6.07, 6.45) is 0.0855. The third kappa shape index (κ3) is 2.99. The van der Waals surface area contributed by atoms with Crippen LogP contribution in [0.5, 0.6) is 0 Å². The lowest BCUT2D eigenvalue weighted by atomic mass is 10.2.